The molecule has 8 heteroatoms. The molecule has 0 aliphatic heterocycles. The van der Waals surface area contributed by atoms with Crippen molar-refractivity contribution in [1.29, 1.82) is 0 Å². The fourth-order valence-corrected chi connectivity index (χ4v) is 3.60. The zero-order chi connectivity index (χ0) is 19.3. The molecule has 4 aromatic rings. The number of nitro benzene ring substituents is 1. The van der Waals surface area contributed by atoms with Crippen LogP contribution in [0.15, 0.2) is 84.1 Å². The van der Waals surface area contributed by atoms with E-state index in [1.165, 1.54) is 23.9 Å². The summed E-state index contributed by atoms with van der Waals surface area (Å²) in [6.07, 6.45) is 1.73. The Morgan fingerprint density at radius 3 is 2.36 bits per heavy atom. The van der Waals surface area contributed by atoms with Gasteiger partial charge < -0.3 is 0 Å². The Bertz CT molecular complexity index is 1080. The average Bonchev–Trinajstić information content (AvgIpc) is 3.18. The molecule has 2 aromatic heterocycles. The number of aromatic nitrogens is 4. The fraction of sp³-hybridized carbons (Fsp3) is 0.0500. The van der Waals surface area contributed by atoms with Crippen LogP contribution < -0.4 is 0 Å². The lowest BCUT2D eigenvalue weighted by Gasteiger charge is -2.09. The lowest BCUT2D eigenvalue weighted by Crippen LogP contribution is -2.00. The molecule has 0 spiro atoms. The third kappa shape index (κ3) is 3.77. The SMILES string of the molecule is O=[N+]([O-])c1ccc(CSc2nnc(-c3ccccn3)n2-c2ccccc2)cc1. The van der Waals surface area contributed by atoms with E-state index < -0.39 is 4.92 Å². The predicted octanol–water partition coefficient (Wildman–Crippen LogP) is 4.53. The van der Waals surface area contributed by atoms with Crippen molar-refractivity contribution in [1.82, 2.24) is 19.7 Å². The van der Waals surface area contributed by atoms with Crippen LogP contribution in [0.5, 0.6) is 0 Å². The Morgan fingerprint density at radius 1 is 0.929 bits per heavy atom. The zero-order valence-electron chi connectivity index (χ0n) is 14.7. The van der Waals surface area contributed by atoms with Crippen LogP contribution in [0.3, 0.4) is 0 Å². The van der Waals surface area contributed by atoms with Crippen molar-refractivity contribution in [3.63, 3.8) is 0 Å². The summed E-state index contributed by atoms with van der Waals surface area (Å²) < 4.78 is 1.97. The maximum Gasteiger partial charge on any atom is 0.269 e. The Hall–Kier alpha value is -3.52. The minimum atomic E-state index is -0.401. The Balaban J connectivity index is 1.65. The van der Waals surface area contributed by atoms with Gasteiger partial charge in [-0.25, -0.2) is 0 Å². The molecule has 0 N–H and O–H groups in total. The fourth-order valence-electron chi connectivity index (χ4n) is 2.70. The summed E-state index contributed by atoms with van der Waals surface area (Å²) in [6.45, 7) is 0. The summed E-state index contributed by atoms with van der Waals surface area (Å²) in [7, 11) is 0. The predicted molar refractivity (Wildman–Crippen MR) is 107 cm³/mol. The van der Waals surface area contributed by atoms with E-state index >= 15 is 0 Å². The third-order valence-corrected chi connectivity index (χ3v) is 5.06. The maximum absolute atomic E-state index is 10.8. The van der Waals surface area contributed by atoms with Crippen molar-refractivity contribution in [3.8, 4) is 17.2 Å². The number of nitro groups is 1. The molecule has 28 heavy (non-hydrogen) atoms. The molecule has 0 fully saturated rings. The van der Waals surface area contributed by atoms with Crippen molar-refractivity contribution in [2.75, 3.05) is 0 Å². The van der Waals surface area contributed by atoms with Crippen LogP contribution in [0.4, 0.5) is 5.69 Å². The monoisotopic (exact) mass is 389 g/mol. The molecular weight excluding hydrogens is 374 g/mol. The summed E-state index contributed by atoms with van der Waals surface area (Å²) in [4.78, 5) is 14.8. The van der Waals surface area contributed by atoms with Gasteiger partial charge in [-0.15, -0.1) is 10.2 Å². The second kappa shape index (κ2) is 8.01. The van der Waals surface area contributed by atoms with Gasteiger partial charge in [-0.1, -0.05) is 48.2 Å². The smallest absolute Gasteiger partial charge is 0.269 e. The van der Waals surface area contributed by atoms with Gasteiger partial charge in [0.15, 0.2) is 11.0 Å². The number of benzene rings is 2. The van der Waals surface area contributed by atoms with Crippen LogP contribution in [0.1, 0.15) is 5.56 Å². The lowest BCUT2D eigenvalue weighted by molar-refractivity contribution is -0.384. The van der Waals surface area contributed by atoms with Crippen molar-refractivity contribution >= 4 is 17.4 Å². The molecule has 0 saturated carbocycles. The highest BCUT2D eigenvalue weighted by Gasteiger charge is 2.17. The van der Waals surface area contributed by atoms with E-state index in [1.54, 1.807) is 18.3 Å². The van der Waals surface area contributed by atoms with Crippen molar-refractivity contribution in [2.45, 2.75) is 10.9 Å². The van der Waals surface area contributed by atoms with Crippen LogP contribution in [-0.2, 0) is 5.75 Å². The number of nitrogens with zero attached hydrogens (tertiary/aromatic N) is 5. The molecule has 0 atom stereocenters. The lowest BCUT2D eigenvalue weighted by atomic mass is 10.2. The van der Waals surface area contributed by atoms with Gasteiger partial charge in [0, 0.05) is 29.8 Å². The number of para-hydroxylation sites is 1. The van der Waals surface area contributed by atoms with Crippen molar-refractivity contribution in [3.05, 3.63) is 94.7 Å². The van der Waals surface area contributed by atoms with Crippen LogP contribution >= 0.6 is 11.8 Å². The minimum absolute atomic E-state index is 0.0821. The normalized spacial score (nSPS) is 10.7. The van der Waals surface area contributed by atoms with Crippen LogP contribution in [0.25, 0.3) is 17.2 Å². The zero-order valence-corrected chi connectivity index (χ0v) is 15.5. The molecule has 0 bridgehead atoms. The van der Waals surface area contributed by atoms with Gasteiger partial charge in [0.2, 0.25) is 0 Å². The summed E-state index contributed by atoms with van der Waals surface area (Å²) >= 11 is 1.52. The molecule has 0 aliphatic rings. The quantitative estimate of drug-likeness (QED) is 0.274. The van der Waals surface area contributed by atoms with E-state index in [0.717, 1.165) is 22.1 Å². The van der Waals surface area contributed by atoms with Gasteiger partial charge in [-0.2, -0.15) is 0 Å². The number of non-ortho nitro benzene ring substituents is 1. The number of hydrogen-bond donors (Lipinski definition) is 0. The summed E-state index contributed by atoms with van der Waals surface area (Å²) in [5.74, 6) is 1.28. The van der Waals surface area contributed by atoms with Crippen LogP contribution in [0, 0.1) is 10.1 Å². The molecular formula is C20H15N5O2S. The van der Waals surface area contributed by atoms with Gasteiger partial charge in [0.25, 0.3) is 5.69 Å². The minimum Gasteiger partial charge on any atom is -0.269 e. The van der Waals surface area contributed by atoms with Gasteiger partial charge >= 0.3 is 0 Å². The molecule has 0 saturated heterocycles. The topological polar surface area (TPSA) is 86.7 Å². The van der Waals surface area contributed by atoms with Crippen molar-refractivity contribution < 1.29 is 4.92 Å². The second-order valence-corrected chi connectivity index (χ2v) is 6.85. The van der Waals surface area contributed by atoms with Crippen LogP contribution in [0.2, 0.25) is 0 Å². The third-order valence-electron chi connectivity index (χ3n) is 4.06. The molecule has 4 rings (SSSR count). The van der Waals surface area contributed by atoms with E-state index in [9.17, 15) is 10.1 Å². The van der Waals surface area contributed by atoms with E-state index in [1.807, 2.05) is 53.1 Å². The second-order valence-electron chi connectivity index (χ2n) is 5.90. The first kappa shape index (κ1) is 17.9. The van der Waals surface area contributed by atoms with E-state index in [2.05, 4.69) is 15.2 Å². The molecule has 7 nitrogen and oxygen atoms in total. The molecule has 0 aliphatic carbocycles. The van der Waals surface area contributed by atoms with Crippen LogP contribution in [-0.4, -0.2) is 24.7 Å². The number of thioether (sulfide) groups is 1. The molecule has 0 amide bonds. The highest BCUT2D eigenvalue weighted by molar-refractivity contribution is 7.98. The summed E-state index contributed by atoms with van der Waals surface area (Å²) in [5, 5.41) is 20.2. The average molecular weight is 389 g/mol. The maximum atomic E-state index is 10.8. The Kier molecular flexibility index (Phi) is 5.11. The van der Waals surface area contributed by atoms with E-state index in [0.29, 0.717) is 11.6 Å². The summed E-state index contributed by atoms with van der Waals surface area (Å²) in [5.41, 5.74) is 2.73. The Morgan fingerprint density at radius 2 is 1.68 bits per heavy atom. The van der Waals surface area contributed by atoms with E-state index in [4.69, 9.17) is 0 Å². The van der Waals surface area contributed by atoms with Gasteiger partial charge in [0.1, 0.15) is 5.69 Å². The standard InChI is InChI=1S/C20H15N5O2S/c26-25(27)17-11-9-15(10-12-17)14-28-20-23-22-19(18-8-4-5-13-21-18)24(20)16-6-2-1-3-7-16/h1-13H,14H2. The molecule has 0 unspecified atom stereocenters. The van der Waals surface area contributed by atoms with Crippen molar-refractivity contribution in [2.24, 2.45) is 0 Å². The highest BCUT2D eigenvalue weighted by atomic mass is 32.2. The number of hydrogen-bond acceptors (Lipinski definition) is 6. The van der Waals surface area contributed by atoms with Gasteiger partial charge in [-0.05, 0) is 29.8 Å². The van der Waals surface area contributed by atoms with E-state index in [-0.39, 0.29) is 5.69 Å². The largest absolute Gasteiger partial charge is 0.269 e. The first-order chi connectivity index (χ1) is 13.7. The number of pyridine rings is 1. The first-order valence-corrected chi connectivity index (χ1v) is 9.49. The molecule has 2 heterocycles. The van der Waals surface area contributed by atoms with Gasteiger partial charge in [0.05, 0.1) is 4.92 Å². The van der Waals surface area contributed by atoms with Gasteiger partial charge in [-0.3, -0.25) is 19.7 Å². The Labute approximate surface area is 165 Å². The number of rotatable bonds is 6. The molecule has 138 valence electrons. The highest BCUT2D eigenvalue weighted by Crippen LogP contribution is 2.29. The summed E-state index contributed by atoms with van der Waals surface area (Å²) in [6, 6.07) is 22.1. The molecule has 0 radical (unpaired) electrons. The first-order valence-electron chi connectivity index (χ1n) is 8.51. The molecule has 2 aromatic carbocycles.